The Kier molecular flexibility index (Phi) is 4.85. The summed E-state index contributed by atoms with van der Waals surface area (Å²) in [5.74, 6) is 0.826. The Bertz CT molecular complexity index is 539. The number of nitrogens with zero attached hydrogens (tertiary/aromatic N) is 2. The highest BCUT2D eigenvalue weighted by molar-refractivity contribution is 9.10. The highest BCUT2D eigenvalue weighted by Gasteiger charge is 2.04. The zero-order chi connectivity index (χ0) is 13.7. The quantitative estimate of drug-likeness (QED) is 0.881. The van der Waals surface area contributed by atoms with E-state index in [1.165, 1.54) is 5.69 Å². The summed E-state index contributed by atoms with van der Waals surface area (Å²) in [5.41, 5.74) is 2.22. The molecule has 1 heterocycles. The van der Waals surface area contributed by atoms with Crippen molar-refractivity contribution >= 4 is 21.6 Å². The second-order valence-corrected chi connectivity index (χ2v) is 5.10. The molecule has 2 rings (SSSR count). The van der Waals surface area contributed by atoms with E-state index in [-0.39, 0.29) is 0 Å². The summed E-state index contributed by atoms with van der Waals surface area (Å²) in [6.45, 7) is 3.86. The smallest absolute Gasteiger partial charge is 0.135 e. The van der Waals surface area contributed by atoms with Crippen LogP contribution in [0.2, 0.25) is 0 Å². The average Bonchev–Trinajstić information content (AvgIpc) is 2.86. The molecular weight excluding hydrogens is 306 g/mol. The molecule has 0 bridgehead atoms. The van der Waals surface area contributed by atoms with Crippen LogP contribution < -0.4 is 10.1 Å². The van der Waals surface area contributed by atoms with Crippen LogP contribution in [0.1, 0.15) is 19.0 Å². The van der Waals surface area contributed by atoms with Crippen LogP contribution in [0.25, 0.3) is 0 Å². The summed E-state index contributed by atoms with van der Waals surface area (Å²) in [5, 5.41) is 7.70. The van der Waals surface area contributed by atoms with Gasteiger partial charge in [-0.25, -0.2) is 0 Å². The number of halogens is 1. The van der Waals surface area contributed by atoms with Crippen LogP contribution in [-0.4, -0.2) is 16.9 Å². The maximum atomic E-state index is 5.28. The van der Waals surface area contributed by atoms with E-state index in [0.29, 0.717) is 0 Å². The summed E-state index contributed by atoms with van der Waals surface area (Å²) in [6, 6.07) is 8.01. The van der Waals surface area contributed by atoms with Crippen molar-refractivity contribution in [2.45, 2.75) is 26.4 Å². The van der Waals surface area contributed by atoms with E-state index in [1.54, 1.807) is 7.11 Å². The van der Waals surface area contributed by atoms with E-state index >= 15 is 0 Å². The summed E-state index contributed by atoms with van der Waals surface area (Å²) in [4.78, 5) is 0. The molecule has 0 unspecified atom stereocenters. The zero-order valence-electron chi connectivity index (χ0n) is 11.2. The van der Waals surface area contributed by atoms with Gasteiger partial charge < -0.3 is 10.1 Å². The molecule has 0 fully saturated rings. The molecule has 0 saturated carbocycles. The van der Waals surface area contributed by atoms with E-state index < -0.39 is 0 Å². The number of anilines is 1. The number of aromatic nitrogens is 2. The molecule has 0 spiro atoms. The van der Waals surface area contributed by atoms with E-state index in [2.05, 4.69) is 33.3 Å². The SMILES string of the molecule is CCCn1nccc1CNc1ccc(Br)c(OC)c1. The number of rotatable bonds is 6. The molecular formula is C14H18BrN3O. The predicted molar refractivity (Wildman–Crippen MR) is 80.5 cm³/mol. The number of hydrogen-bond acceptors (Lipinski definition) is 3. The monoisotopic (exact) mass is 323 g/mol. The van der Waals surface area contributed by atoms with E-state index in [0.717, 1.165) is 35.4 Å². The zero-order valence-corrected chi connectivity index (χ0v) is 12.8. The van der Waals surface area contributed by atoms with E-state index in [9.17, 15) is 0 Å². The molecule has 1 aromatic carbocycles. The molecule has 0 amide bonds. The average molecular weight is 324 g/mol. The Morgan fingerprint density at radius 1 is 1.37 bits per heavy atom. The first-order chi connectivity index (χ1) is 9.24. The van der Waals surface area contributed by atoms with Crippen molar-refractivity contribution < 1.29 is 4.74 Å². The Morgan fingerprint density at radius 3 is 2.95 bits per heavy atom. The molecule has 0 aliphatic heterocycles. The third kappa shape index (κ3) is 3.50. The minimum absolute atomic E-state index is 0.755. The fraction of sp³-hybridized carbons (Fsp3) is 0.357. The minimum atomic E-state index is 0.755. The predicted octanol–water partition coefficient (Wildman–Crippen LogP) is 3.68. The van der Waals surface area contributed by atoms with Gasteiger partial charge in [0.05, 0.1) is 23.8 Å². The Balaban J connectivity index is 2.04. The summed E-state index contributed by atoms with van der Waals surface area (Å²) < 4.78 is 8.27. The van der Waals surface area contributed by atoms with Gasteiger partial charge in [0.15, 0.2) is 0 Å². The van der Waals surface area contributed by atoms with Gasteiger partial charge in [-0.05, 0) is 40.5 Å². The van der Waals surface area contributed by atoms with Crippen molar-refractivity contribution in [2.24, 2.45) is 0 Å². The lowest BCUT2D eigenvalue weighted by atomic mass is 10.3. The third-order valence-electron chi connectivity index (χ3n) is 2.86. The summed E-state index contributed by atoms with van der Waals surface area (Å²) in [7, 11) is 1.67. The molecule has 4 nitrogen and oxygen atoms in total. The van der Waals surface area contributed by atoms with Crippen LogP contribution >= 0.6 is 15.9 Å². The van der Waals surface area contributed by atoms with Gasteiger partial charge in [-0.2, -0.15) is 5.10 Å². The van der Waals surface area contributed by atoms with Crippen LogP contribution in [0.15, 0.2) is 34.9 Å². The number of methoxy groups -OCH3 is 1. The number of aryl methyl sites for hydroxylation is 1. The lowest BCUT2D eigenvalue weighted by Crippen LogP contribution is -2.08. The molecule has 2 aromatic rings. The van der Waals surface area contributed by atoms with Crippen LogP contribution in [0.3, 0.4) is 0 Å². The molecule has 0 saturated heterocycles. The number of benzene rings is 1. The number of nitrogens with one attached hydrogen (secondary N) is 1. The Labute approximate surface area is 121 Å². The Morgan fingerprint density at radius 2 is 2.21 bits per heavy atom. The standard InChI is InChI=1S/C14H18BrN3O/c1-3-8-18-12(6-7-17-18)10-16-11-4-5-13(15)14(9-11)19-2/h4-7,9,16H,3,8,10H2,1-2H3. The molecule has 0 aliphatic carbocycles. The van der Waals surface area contributed by atoms with Crippen molar-refractivity contribution in [3.05, 3.63) is 40.6 Å². The maximum Gasteiger partial charge on any atom is 0.135 e. The van der Waals surface area contributed by atoms with Gasteiger partial charge in [0.2, 0.25) is 0 Å². The first kappa shape index (κ1) is 13.9. The maximum absolute atomic E-state index is 5.28. The molecule has 102 valence electrons. The normalized spacial score (nSPS) is 10.5. The van der Waals surface area contributed by atoms with Crippen LogP contribution in [-0.2, 0) is 13.1 Å². The molecule has 1 N–H and O–H groups in total. The first-order valence-corrected chi connectivity index (χ1v) is 7.12. The van der Waals surface area contributed by atoms with Gasteiger partial charge in [0, 0.05) is 24.5 Å². The van der Waals surface area contributed by atoms with Crippen LogP contribution in [0.5, 0.6) is 5.75 Å². The Hall–Kier alpha value is -1.49. The topological polar surface area (TPSA) is 39.1 Å². The highest BCUT2D eigenvalue weighted by atomic mass is 79.9. The lowest BCUT2D eigenvalue weighted by molar-refractivity contribution is 0.412. The lowest BCUT2D eigenvalue weighted by Gasteiger charge is -2.10. The fourth-order valence-corrected chi connectivity index (χ4v) is 2.29. The van der Waals surface area contributed by atoms with Gasteiger partial charge in [-0.3, -0.25) is 4.68 Å². The summed E-state index contributed by atoms with van der Waals surface area (Å²) in [6.07, 6.45) is 2.93. The number of ether oxygens (including phenoxy) is 1. The largest absolute Gasteiger partial charge is 0.495 e. The van der Waals surface area contributed by atoms with Crippen molar-refractivity contribution in [3.63, 3.8) is 0 Å². The van der Waals surface area contributed by atoms with Crippen LogP contribution in [0.4, 0.5) is 5.69 Å². The van der Waals surface area contributed by atoms with Gasteiger partial charge >= 0.3 is 0 Å². The van der Waals surface area contributed by atoms with Gasteiger partial charge in [0.1, 0.15) is 5.75 Å². The molecule has 0 aliphatic rings. The summed E-state index contributed by atoms with van der Waals surface area (Å²) >= 11 is 3.45. The minimum Gasteiger partial charge on any atom is -0.495 e. The second kappa shape index (κ2) is 6.61. The first-order valence-electron chi connectivity index (χ1n) is 6.32. The highest BCUT2D eigenvalue weighted by Crippen LogP contribution is 2.27. The molecule has 19 heavy (non-hydrogen) atoms. The fourth-order valence-electron chi connectivity index (χ4n) is 1.89. The van der Waals surface area contributed by atoms with Gasteiger partial charge in [-0.15, -0.1) is 0 Å². The van der Waals surface area contributed by atoms with Crippen LogP contribution in [0, 0.1) is 0 Å². The molecule has 0 atom stereocenters. The molecule has 1 aromatic heterocycles. The van der Waals surface area contributed by atoms with Crippen molar-refractivity contribution in [1.29, 1.82) is 0 Å². The molecule has 5 heteroatoms. The van der Waals surface area contributed by atoms with Gasteiger partial charge in [0.25, 0.3) is 0 Å². The van der Waals surface area contributed by atoms with E-state index in [4.69, 9.17) is 4.74 Å². The van der Waals surface area contributed by atoms with Crippen molar-refractivity contribution in [2.75, 3.05) is 12.4 Å². The second-order valence-electron chi connectivity index (χ2n) is 4.25. The van der Waals surface area contributed by atoms with Crippen molar-refractivity contribution in [3.8, 4) is 5.75 Å². The number of hydrogen-bond donors (Lipinski definition) is 1. The van der Waals surface area contributed by atoms with Gasteiger partial charge in [-0.1, -0.05) is 6.92 Å². The van der Waals surface area contributed by atoms with E-state index in [1.807, 2.05) is 35.1 Å². The van der Waals surface area contributed by atoms with Crippen molar-refractivity contribution in [1.82, 2.24) is 9.78 Å². The third-order valence-corrected chi connectivity index (χ3v) is 3.52. The molecule has 0 radical (unpaired) electrons.